The van der Waals surface area contributed by atoms with Crippen molar-refractivity contribution in [3.05, 3.63) is 28.7 Å². The fourth-order valence-corrected chi connectivity index (χ4v) is 3.46. The van der Waals surface area contributed by atoms with E-state index in [0.717, 1.165) is 36.1 Å². The lowest BCUT2D eigenvalue weighted by Crippen LogP contribution is -2.47. The van der Waals surface area contributed by atoms with Crippen molar-refractivity contribution < 1.29 is 9.59 Å². The highest BCUT2D eigenvalue weighted by molar-refractivity contribution is 9.10. The molecule has 0 spiro atoms. The number of halogens is 2. The molecule has 2 aliphatic rings. The molecule has 2 aliphatic heterocycles. The molecule has 2 saturated heterocycles. The van der Waals surface area contributed by atoms with Gasteiger partial charge < -0.3 is 15.5 Å². The van der Waals surface area contributed by atoms with Crippen molar-refractivity contribution >= 4 is 45.8 Å². The van der Waals surface area contributed by atoms with Gasteiger partial charge in [0.05, 0.1) is 5.92 Å². The summed E-state index contributed by atoms with van der Waals surface area (Å²) in [4.78, 5) is 26.3. The van der Waals surface area contributed by atoms with Gasteiger partial charge >= 0.3 is 0 Å². The highest BCUT2D eigenvalue weighted by atomic mass is 79.9. The molecule has 2 atom stereocenters. The number of hydrogen-bond donors (Lipinski definition) is 2. The summed E-state index contributed by atoms with van der Waals surface area (Å²) >= 11 is 3.41. The second kappa shape index (κ2) is 8.13. The standard InChI is InChI=1S/C16H20BrN3O2.ClH/c17-12-3-1-5-14(8-12)20-10-11(7-15(20)21)16(22)19-13-4-2-6-18-9-13;/h1,3,5,8,11,13,18H,2,4,6-7,9-10H2,(H,19,22);1H. The van der Waals surface area contributed by atoms with Crippen molar-refractivity contribution in [2.24, 2.45) is 5.92 Å². The maximum atomic E-state index is 12.4. The summed E-state index contributed by atoms with van der Waals surface area (Å²) in [7, 11) is 0. The van der Waals surface area contributed by atoms with Crippen LogP contribution < -0.4 is 15.5 Å². The van der Waals surface area contributed by atoms with E-state index in [1.165, 1.54) is 0 Å². The Labute approximate surface area is 150 Å². The van der Waals surface area contributed by atoms with Crippen LogP contribution in [-0.2, 0) is 9.59 Å². The third-order valence-electron chi connectivity index (χ3n) is 4.26. The van der Waals surface area contributed by atoms with Crippen LogP contribution in [0.5, 0.6) is 0 Å². The lowest BCUT2D eigenvalue weighted by Gasteiger charge is -2.25. The number of nitrogens with zero attached hydrogens (tertiary/aromatic N) is 1. The predicted octanol–water partition coefficient (Wildman–Crippen LogP) is 2.09. The number of piperidine rings is 1. The van der Waals surface area contributed by atoms with E-state index in [9.17, 15) is 9.59 Å². The van der Waals surface area contributed by atoms with Gasteiger partial charge in [-0.25, -0.2) is 0 Å². The molecule has 7 heteroatoms. The second-order valence-corrected chi connectivity index (χ2v) is 6.85. The number of carbonyl (C=O) groups excluding carboxylic acids is 2. The first-order valence-electron chi connectivity index (χ1n) is 7.70. The SMILES string of the molecule is Cl.O=C(NC1CCCNC1)C1CC(=O)N(c2cccc(Br)c2)C1. The number of rotatable bonds is 3. The summed E-state index contributed by atoms with van der Waals surface area (Å²) in [6, 6.07) is 7.81. The highest BCUT2D eigenvalue weighted by Crippen LogP contribution is 2.27. The predicted molar refractivity (Wildman–Crippen MR) is 95.9 cm³/mol. The number of carbonyl (C=O) groups is 2. The molecule has 0 aliphatic carbocycles. The van der Waals surface area contributed by atoms with Gasteiger partial charge in [0.1, 0.15) is 0 Å². The monoisotopic (exact) mass is 401 g/mol. The van der Waals surface area contributed by atoms with E-state index in [0.29, 0.717) is 13.0 Å². The number of nitrogens with one attached hydrogen (secondary N) is 2. The smallest absolute Gasteiger partial charge is 0.227 e. The molecule has 2 amide bonds. The van der Waals surface area contributed by atoms with Crippen LogP contribution in [0.15, 0.2) is 28.7 Å². The zero-order chi connectivity index (χ0) is 15.5. The average molecular weight is 403 g/mol. The van der Waals surface area contributed by atoms with Gasteiger partial charge in [-0.1, -0.05) is 22.0 Å². The van der Waals surface area contributed by atoms with E-state index in [1.807, 2.05) is 24.3 Å². The molecule has 2 fully saturated rings. The topological polar surface area (TPSA) is 61.4 Å². The molecule has 5 nitrogen and oxygen atoms in total. The molecule has 126 valence electrons. The van der Waals surface area contributed by atoms with Gasteiger partial charge in [0, 0.05) is 35.7 Å². The maximum absolute atomic E-state index is 12.4. The molecule has 0 aromatic heterocycles. The van der Waals surface area contributed by atoms with Crippen molar-refractivity contribution in [1.29, 1.82) is 0 Å². The fraction of sp³-hybridized carbons (Fsp3) is 0.500. The summed E-state index contributed by atoms with van der Waals surface area (Å²) in [5.74, 6) is -0.243. The molecule has 1 aromatic rings. The highest BCUT2D eigenvalue weighted by Gasteiger charge is 2.35. The molecule has 0 saturated carbocycles. The quantitative estimate of drug-likeness (QED) is 0.814. The molecule has 2 N–H and O–H groups in total. The molecule has 1 aromatic carbocycles. The number of anilines is 1. The summed E-state index contributed by atoms with van der Waals surface area (Å²) in [6.45, 7) is 2.30. The average Bonchev–Trinajstić information content (AvgIpc) is 2.90. The normalized spacial score (nSPS) is 24.2. The van der Waals surface area contributed by atoms with Gasteiger partial charge in [-0.05, 0) is 37.6 Å². The van der Waals surface area contributed by atoms with Crippen LogP contribution in [-0.4, -0.2) is 37.5 Å². The Morgan fingerprint density at radius 1 is 1.39 bits per heavy atom. The van der Waals surface area contributed by atoms with E-state index in [-0.39, 0.29) is 36.2 Å². The third-order valence-corrected chi connectivity index (χ3v) is 4.75. The lowest BCUT2D eigenvalue weighted by atomic mass is 10.0. The van der Waals surface area contributed by atoms with Crippen LogP contribution in [0.4, 0.5) is 5.69 Å². The second-order valence-electron chi connectivity index (χ2n) is 5.94. The van der Waals surface area contributed by atoms with Gasteiger partial charge in [-0.15, -0.1) is 12.4 Å². The zero-order valence-electron chi connectivity index (χ0n) is 12.8. The minimum atomic E-state index is -0.256. The van der Waals surface area contributed by atoms with Gasteiger partial charge in [0.25, 0.3) is 0 Å². The first-order chi connectivity index (χ1) is 10.6. The summed E-state index contributed by atoms with van der Waals surface area (Å²) in [6.07, 6.45) is 2.38. The summed E-state index contributed by atoms with van der Waals surface area (Å²) in [5, 5.41) is 6.36. The fourth-order valence-electron chi connectivity index (χ4n) is 3.07. The Balaban J connectivity index is 0.00000192. The van der Waals surface area contributed by atoms with Crippen molar-refractivity contribution in [2.45, 2.75) is 25.3 Å². The van der Waals surface area contributed by atoms with Crippen molar-refractivity contribution in [3.63, 3.8) is 0 Å². The van der Waals surface area contributed by atoms with E-state index < -0.39 is 0 Å². The minimum absolute atomic E-state index is 0. The van der Waals surface area contributed by atoms with E-state index in [1.54, 1.807) is 4.90 Å². The first-order valence-corrected chi connectivity index (χ1v) is 8.50. The van der Waals surface area contributed by atoms with Crippen molar-refractivity contribution in [1.82, 2.24) is 10.6 Å². The molecule has 2 heterocycles. The Morgan fingerprint density at radius 2 is 2.22 bits per heavy atom. The van der Waals surface area contributed by atoms with E-state index >= 15 is 0 Å². The maximum Gasteiger partial charge on any atom is 0.227 e. The summed E-state index contributed by atoms with van der Waals surface area (Å²) in [5.41, 5.74) is 0.842. The molecular weight excluding hydrogens is 382 g/mol. The van der Waals surface area contributed by atoms with E-state index in [2.05, 4.69) is 26.6 Å². The van der Waals surface area contributed by atoms with Crippen LogP contribution >= 0.6 is 28.3 Å². The molecule has 2 unspecified atom stereocenters. The zero-order valence-corrected chi connectivity index (χ0v) is 15.2. The number of hydrogen-bond acceptors (Lipinski definition) is 3. The van der Waals surface area contributed by atoms with Crippen molar-refractivity contribution in [2.75, 3.05) is 24.5 Å². The Morgan fingerprint density at radius 3 is 2.91 bits per heavy atom. The van der Waals surface area contributed by atoms with Gasteiger partial charge in [0.15, 0.2) is 0 Å². The van der Waals surface area contributed by atoms with E-state index in [4.69, 9.17) is 0 Å². The van der Waals surface area contributed by atoms with Crippen LogP contribution in [0.2, 0.25) is 0 Å². The van der Waals surface area contributed by atoms with Crippen LogP contribution in [0.3, 0.4) is 0 Å². The lowest BCUT2D eigenvalue weighted by molar-refractivity contribution is -0.127. The number of amides is 2. The molecule has 0 bridgehead atoms. The van der Waals surface area contributed by atoms with Crippen molar-refractivity contribution in [3.8, 4) is 0 Å². The Bertz CT molecular complexity index is 578. The largest absolute Gasteiger partial charge is 0.352 e. The van der Waals surface area contributed by atoms with Crippen LogP contribution in [0.25, 0.3) is 0 Å². The van der Waals surface area contributed by atoms with Gasteiger partial charge in [0.2, 0.25) is 11.8 Å². The van der Waals surface area contributed by atoms with Gasteiger partial charge in [-0.3, -0.25) is 9.59 Å². The molecular formula is C16H21BrClN3O2. The van der Waals surface area contributed by atoms with Gasteiger partial charge in [-0.2, -0.15) is 0 Å². The summed E-state index contributed by atoms with van der Waals surface area (Å²) < 4.78 is 0.930. The third kappa shape index (κ3) is 4.46. The Kier molecular flexibility index (Phi) is 6.44. The number of benzene rings is 1. The molecule has 23 heavy (non-hydrogen) atoms. The van der Waals surface area contributed by atoms with Crippen LogP contribution in [0, 0.1) is 5.92 Å². The van der Waals surface area contributed by atoms with Crippen LogP contribution in [0.1, 0.15) is 19.3 Å². The minimum Gasteiger partial charge on any atom is -0.352 e. The molecule has 0 radical (unpaired) electrons. The molecule has 3 rings (SSSR count). The first kappa shape index (κ1) is 18.2. The Hall–Kier alpha value is -1.11.